The van der Waals surface area contributed by atoms with Gasteiger partial charge in [-0.3, -0.25) is 14.6 Å². The number of amidine groups is 1. The van der Waals surface area contributed by atoms with Crippen molar-refractivity contribution in [1.29, 1.82) is 0 Å². The second kappa shape index (κ2) is 11.9. The number of benzene rings is 2. The van der Waals surface area contributed by atoms with Crippen LogP contribution >= 0.6 is 0 Å². The van der Waals surface area contributed by atoms with E-state index in [0.717, 1.165) is 12.1 Å². The van der Waals surface area contributed by atoms with Gasteiger partial charge in [-0.15, -0.1) is 0 Å². The lowest BCUT2D eigenvalue weighted by molar-refractivity contribution is -0.137. The molecule has 0 spiro atoms. The minimum Gasteiger partial charge on any atom is -0.383 e. The van der Waals surface area contributed by atoms with Gasteiger partial charge < -0.3 is 21.3 Å². The summed E-state index contributed by atoms with van der Waals surface area (Å²) in [5.74, 6) is -0.112. The molecule has 12 heteroatoms. The van der Waals surface area contributed by atoms with Gasteiger partial charge in [-0.1, -0.05) is 49.3 Å². The van der Waals surface area contributed by atoms with Gasteiger partial charge in [0, 0.05) is 48.0 Å². The largest absolute Gasteiger partial charge is 0.416 e. The van der Waals surface area contributed by atoms with Crippen LogP contribution in [0.2, 0.25) is 0 Å². The molecule has 0 atom stereocenters. The van der Waals surface area contributed by atoms with Crippen LogP contribution in [0.15, 0.2) is 58.0 Å². The van der Waals surface area contributed by atoms with Crippen LogP contribution in [-0.2, 0) is 17.4 Å². The molecular formula is C26H29F3N6O3. The third-order valence-corrected chi connectivity index (χ3v) is 5.64. The molecule has 0 saturated carbocycles. The van der Waals surface area contributed by atoms with Gasteiger partial charge in [0.25, 0.3) is 0 Å². The highest BCUT2D eigenvalue weighted by Crippen LogP contribution is 2.30. The lowest BCUT2D eigenvalue weighted by Crippen LogP contribution is -2.36. The summed E-state index contributed by atoms with van der Waals surface area (Å²) < 4.78 is 43.3. The van der Waals surface area contributed by atoms with Gasteiger partial charge in [-0.05, 0) is 24.6 Å². The van der Waals surface area contributed by atoms with Gasteiger partial charge >= 0.3 is 6.18 Å². The maximum absolute atomic E-state index is 12.7. The van der Waals surface area contributed by atoms with Crippen molar-refractivity contribution in [2.24, 2.45) is 21.9 Å². The molecule has 1 aromatic heterocycles. The van der Waals surface area contributed by atoms with E-state index in [1.165, 1.54) is 12.1 Å². The number of amides is 2. The number of primary amides is 1. The number of hydrogen-bond donors (Lipinski definition) is 3. The normalized spacial score (nSPS) is 12.4. The SMILES string of the molecule is CC(C)(CN=C(N)c1ccccc1C(N)=O)CNC(=O)CCCc1nc(-c2ccc(C(F)(F)F)cc2)no1. The fourth-order valence-corrected chi connectivity index (χ4v) is 3.47. The summed E-state index contributed by atoms with van der Waals surface area (Å²) in [4.78, 5) is 32.5. The molecule has 2 aromatic carbocycles. The molecular weight excluding hydrogens is 501 g/mol. The number of carbonyl (C=O) groups is 2. The highest BCUT2D eigenvalue weighted by Gasteiger charge is 2.30. The Morgan fingerprint density at radius 2 is 1.68 bits per heavy atom. The molecule has 0 aliphatic carbocycles. The van der Waals surface area contributed by atoms with Crippen molar-refractivity contribution in [1.82, 2.24) is 15.5 Å². The molecule has 38 heavy (non-hydrogen) atoms. The maximum atomic E-state index is 12.7. The molecule has 0 fully saturated rings. The summed E-state index contributed by atoms with van der Waals surface area (Å²) in [6.07, 6.45) is -3.43. The molecule has 0 aliphatic rings. The number of alkyl halides is 3. The lowest BCUT2D eigenvalue weighted by Gasteiger charge is -2.23. The molecule has 5 N–H and O–H groups in total. The Morgan fingerprint density at radius 3 is 2.32 bits per heavy atom. The van der Waals surface area contributed by atoms with Crippen LogP contribution < -0.4 is 16.8 Å². The second-order valence-electron chi connectivity index (χ2n) is 9.49. The van der Waals surface area contributed by atoms with Gasteiger partial charge in [0.2, 0.25) is 23.5 Å². The first-order valence-corrected chi connectivity index (χ1v) is 11.8. The van der Waals surface area contributed by atoms with Crippen LogP contribution in [0, 0.1) is 5.41 Å². The van der Waals surface area contributed by atoms with E-state index in [4.69, 9.17) is 16.0 Å². The smallest absolute Gasteiger partial charge is 0.383 e. The fraction of sp³-hybridized carbons (Fsp3) is 0.346. The van der Waals surface area contributed by atoms with E-state index in [2.05, 4.69) is 20.4 Å². The minimum atomic E-state index is -4.42. The monoisotopic (exact) mass is 530 g/mol. The summed E-state index contributed by atoms with van der Waals surface area (Å²) in [5.41, 5.74) is 11.4. The Bertz CT molecular complexity index is 1300. The van der Waals surface area contributed by atoms with Gasteiger partial charge in [-0.25, -0.2) is 0 Å². The molecule has 0 unspecified atom stereocenters. The number of halogens is 3. The Kier molecular flexibility index (Phi) is 8.87. The van der Waals surface area contributed by atoms with Crippen LogP contribution in [0.5, 0.6) is 0 Å². The van der Waals surface area contributed by atoms with Crippen molar-refractivity contribution < 1.29 is 27.3 Å². The molecule has 2 amide bonds. The number of aliphatic imine (C=N–C) groups is 1. The molecule has 202 valence electrons. The van der Waals surface area contributed by atoms with E-state index in [1.54, 1.807) is 24.3 Å². The van der Waals surface area contributed by atoms with Crippen LogP contribution in [0.1, 0.15) is 54.1 Å². The number of aryl methyl sites for hydroxylation is 1. The zero-order chi connectivity index (χ0) is 27.9. The summed E-state index contributed by atoms with van der Waals surface area (Å²) >= 11 is 0. The standard InChI is InChI=1S/C26H29F3N6O3/c1-25(2,15-33-22(30)18-6-3-4-7-19(18)23(31)37)14-32-20(36)8-5-9-21-34-24(35-38-21)16-10-12-17(13-11-16)26(27,28)29/h3-4,6-7,10-13H,5,8-9,14-15H2,1-2H3,(H2,30,33)(H2,31,37)(H,32,36). The average Bonchev–Trinajstić information content (AvgIpc) is 3.34. The minimum absolute atomic E-state index is 0.170. The molecule has 0 saturated heterocycles. The van der Waals surface area contributed by atoms with E-state index in [9.17, 15) is 22.8 Å². The number of rotatable bonds is 11. The lowest BCUT2D eigenvalue weighted by atomic mass is 9.93. The van der Waals surface area contributed by atoms with E-state index >= 15 is 0 Å². The molecule has 9 nitrogen and oxygen atoms in total. The number of carbonyl (C=O) groups excluding carboxylic acids is 2. The van der Waals surface area contributed by atoms with Gasteiger partial charge in [0.15, 0.2) is 0 Å². The third kappa shape index (κ3) is 7.89. The number of nitrogens with zero attached hydrogens (tertiary/aromatic N) is 3. The highest BCUT2D eigenvalue weighted by molar-refractivity contribution is 6.08. The predicted octanol–water partition coefficient (Wildman–Crippen LogP) is 3.72. The van der Waals surface area contributed by atoms with Gasteiger partial charge in [0.05, 0.1) is 5.56 Å². The van der Waals surface area contributed by atoms with Crippen LogP contribution in [-0.4, -0.2) is 40.9 Å². The van der Waals surface area contributed by atoms with E-state index in [1.807, 2.05) is 13.8 Å². The zero-order valence-corrected chi connectivity index (χ0v) is 21.0. The first-order chi connectivity index (χ1) is 17.9. The van der Waals surface area contributed by atoms with E-state index in [-0.39, 0.29) is 35.4 Å². The van der Waals surface area contributed by atoms with Crippen LogP contribution in [0.3, 0.4) is 0 Å². The molecule has 0 bridgehead atoms. The molecule has 3 aromatic rings. The number of aromatic nitrogens is 2. The fourth-order valence-electron chi connectivity index (χ4n) is 3.47. The van der Waals surface area contributed by atoms with Crippen LogP contribution in [0.25, 0.3) is 11.4 Å². The Labute approximate surface area is 217 Å². The van der Waals surface area contributed by atoms with E-state index < -0.39 is 23.1 Å². The first kappa shape index (κ1) is 28.4. The van der Waals surface area contributed by atoms with E-state index in [0.29, 0.717) is 37.1 Å². The summed E-state index contributed by atoms with van der Waals surface area (Å²) in [6.45, 7) is 4.50. The Morgan fingerprint density at radius 1 is 1.03 bits per heavy atom. The van der Waals surface area contributed by atoms with Gasteiger partial charge in [0.1, 0.15) is 5.84 Å². The maximum Gasteiger partial charge on any atom is 0.416 e. The highest BCUT2D eigenvalue weighted by atomic mass is 19.4. The van der Waals surface area contributed by atoms with Crippen molar-refractivity contribution in [3.8, 4) is 11.4 Å². The van der Waals surface area contributed by atoms with Crippen molar-refractivity contribution >= 4 is 17.6 Å². The van der Waals surface area contributed by atoms with Crippen molar-refractivity contribution in [2.45, 2.75) is 39.3 Å². The Balaban J connectivity index is 1.45. The molecule has 1 heterocycles. The van der Waals surface area contributed by atoms with Crippen molar-refractivity contribution in [2.75, 3.05) is 13.1 Å². The molecule has 0 radical (unpaired) electrons. The van der Waals surface area contributed by atoms with Crippen molar-refractivity contribution in [3.05, 3.63) is 71.1 Å². The quantitative estimate of drug-likeness (QED) is 0.254. The van der Waals surface area contributed by atoms with Gasteiger partial charge in [-0.2, -0.15) is 18.2 Å². The molecule has 3 rings (SSSR count). The molecule has 0 aliphatic heterocycles. The van der Waals surface area contributed by atoms with Crippen molar-refractivity contribution in [3.63, 3.8) is 0 Å². The number of hydrogen-bond acceptors (Lipinski definition) is 6. The summed E-state index contributed by atoms with van der Waals surface area (Å²) in [7, 11) is 0. The summed E-state index contributed by atoms with van der Waals surface area (Å²) in [6, 6.07) is 11.1. The zero-order valence-electron chi connectivity index (χ0n) is 21.0. The number of nitrogens with one attached hydrogen (secondary N) is 1. The topological polar surface area (TPSA) is 149 Å². The predicted molar refractivity (Wildman–Crippen MR) is 135 cm³/mol. The summed E-state index contributed by atoms with van der Waals surface area (Å²) in [5, 5.41) is 6.67. The van der Waals surface area contributed by atoms with Crippen LogP contribution in [0.4, 0.5) is 13.2 Å². The number of nitrogens with two attached hydrogens (primary N) is 2. The Hall–Kier alpha value is -4.22. The third-order valence-electron chi connectivity index (χ3n) is 5.64. The first-order valence-electron chi connectivity index (χ1n) is 11.8. The second-order valence-corrected chi connectivity index (χ2v) is 9.49. The average molecular weight is 531 g/mol.